The van der Waals surface area contributed by atoms with E-state index in [9.17, 15) is 9.18 Å². The quantitative estimate of drug-likeness (QED) is 0.824. The molecule has 0 aliphatic carbocycles. The van der Waals surface area contributed by atoms with Gasteiger partial charge < -0.3 is 9.80 Å². The summed E-state index contributed by atoms with van der Waals surface area (Å²) >= 11 is 0. The highest BCUT2D eigenvalue weighted by atomic mass is 19.1. The number of hydrogen-bond acceptors (Lipinski definition) is 2. The average molecular weight is 351 g/mol. The van der Waals surface area contributed by atoms with Crippen LogP contribution in [0.15, 0.2) is 48.5 Å². The summed E-state index contributed by atoms with van der Waals surface area (Å²) in [6, 6.07) is 16.0. The standard InChI is InChI=1S/C21H22FN3O/c22-20-13-18(14-23)9-10-19(20)16-25(15-17-7-3-1-4-8-17)21(26)24-11-5-2-6-12-24/h1,3-4,7-10,13H,2,5-6,11-12,15-16H2. The van der Waals surface area contributed by atoms with Crippen LogP contribution in [0.1, 0.15) is 36.0 Å². The molecule has 26 heavy (non-hydrogen) atoms. The molecule has 1 aliphatic heterocycles. The van der Waals surface area contributed by atoms with Crippen LogP contribution in [-0.4, -0.2) is 28.9 Å². The van der Waals surface area contributed by atoms with Crippen LogP contribution in [0.2, 0.25) is 0 Å². The maximum atomic E-state index is 14.3. The maximum absolute atomic E-state index is 14.3. The molecule has 1 aliphatic rings. The zero-order chi connectivity index (χ0) is 18.4. The number of nitriles is 1. The molecule has 4 nitrogen and oxygen atoms in total. The predicted molar refractivity (Wildman–Crippen MR) is 97.6 cm³/mol. The van der Waals surface area contributed by atoms with E-state index in [2.05, 4.69) is 0 Å². The summed E-state index contributed by atoms with van der Waals surface area (Å²) in [4.78, 5) is 16.6. The van der Waals surface area contributed by atoms with Gasteiger partial charge in [-0.3, -0.25) is 0 Å². The Balaban J connectivity index is 1.82. The van der Waals surface area contributed by atoms with E-state index in [0.29, 0.717) is 12.1 Å². The molecule has 3 rings (SSSR count). The second-order valence-corrected chi connectivity index (χ2v) is 6.59. The Labute approximate surface area is 153 Å². The van der Waals surface area contributed by atoms with E-state index in [0.717, 1.165) is 37.9 Å². The predicted octanol–water partition coefficient (Wildman–Crippen LogP) is 4.31. The molecule has 0 bridgehead atoms. The third-order valence-electron chi connectivity index (χ3n) is 4.66. The normalized spacial score (nSPS) is 13.9. The summed E-state index contributed by atoms with van der Waals surface area (Å²) in [6.45, 7) is 2.11. The molecule has 0 unspecified atom stereocenters. The van der Waals surface area contributed by atoms with Crippen LogP contribution < -0.4 is 0 Å². The molecule has 1 heterocycles. The zero-order valence-corrected chi connectivity index (χ0v) is 14.7. The Hall–Kier alpha value is -2.87. The van der Waals surface area contributed by atoms with E-state index in [-0.39, 0.29) is 18.1 Å². The van der Waals surface area contributed by atoms with Gasteiger partial charge in [0.25, 0.3) is 0 Å². The lowest BCUT2D eigenvalue weighted by molar-refractivity contribution is 0.137. The number of nitrogens with zero attached hydrogens (tertiary/aromatic N) is 3. The van der Waals surface area contributed by atoms with Crippen molar-refractivity contribution in [3.63, 3.8) is 0 Å². The summed E-state index contributed by atoms with van der Waals surface area (Å²) in [7, 11) is 0. The van der Waals surface area contributed by atoms with Crippen molar-refractivity contribution < 1.29 is 9.18 Å². The molecule has 2 aromatic rings. The number of likely N-dealkylation sites (tertiary alicyclic amines) is 1. The van der Waals surface area contributed by atoms with Gasteiger partial charge in [0.15, 0.2) is 0 Å². The fourth-order valence-corrected chi connectivity index (χ4v) is 3.23. The van der Waals surface area contributed by atoms with Crippen molar-refractivity contribution in [3.05, 3.63) is 71.0 Å². The first kappa shape index (κ1) is 17.9. The van der Waals surface area contributed by atoms with E-state index >= 15 is 0 Å². The van der Waals surface area contributed by atoms with Gasteiger partial charge in [-0.15, -0.1) is 0 Å². The van der Waals surface area contributed by atoms with Crippen LogP contribution in [0.4, 0.5) is 9.18 Å². The molecule has 0 aromatic heterocycles. The Kier molecular flexibility index (Phi) is 5.85. The van der Waals surface area contributed by atoms with Crippen LogP contribution in [-0.2, 0) is 13.1 Å². The van der Waals surface area contributed by atoms with Gasteiger partial charge in [-0.2, -0.15) is 5.26 Å². The van der Waals surface area contributed by atoms with Gasteiger partial charge >= 0.3 is 6.03 Å². The Morgan fingerprint density at radius 2 is 1.81 bits per heavy atom. The van der Waals surface area contributed by atoms with Crippen molar-refractivity contribution in [1.82, 2.24) is 9.80 Å². The van der Waals surface area contributed by atoms with Gasteiger partial charge in [-0.05, 0) is 37.0 Å². The topological polar surface area (TPSA) is 47.3 Å². The van der Waals surface area contributed by atoms with Crippen LogP contribution in [0.3, 0.4) is 0 Å². The smallest absolute Gasteiger partial charge is 0.320 e. The first-order valence-corrected chi connectivity index (χ1v) is 8.93. The molecule has 134 valence electrons. The Bertz CT molecular complexity index is 795. The fraction of sp³-hybridized carbons (Fsp3) is 0.333. The number of carbonyl (C=O) groups excluding carboxylic acids is 1. The first-order chi connectivity index (χ1) is 12.7. The van der Waals surface area contributed by atoms with Gasteiger partial charge in [-0.1, -0.05) is 36.4 Å². The summed E-state index contributed by atoms with van der Waals surface area (Å²) in [5.41, 5.74) is 1.71. The second-order valence-electron chi connectivity index (χ2n) is 6.59. The largest absolute Gasteiger partial charge is 0.325 e. The molecule has 1 fully saturated rings. The average Bonchev–Trinajstić information content (AvgIpc) is 2.69. The zero-order valence-electron chi connectivity index (χ0n) is 14.7. The highest BCUT2D eigenvalue weighted by Gasteiger charge is 2.23. The summed E-state index contributed by atoms with van der Waals surface area (Å²) in [6.07, 6.45) is 3.17. The maximum Gasteiger partial charge on any atom is 0.320 e. The number of hydrogen-bond donors (Lipinski definition) is 0. The third-order valence-corrected chi connectivity index (χ3v) is 4.66. The molecular weight excluding hydrogens is 329 g/mol. The molecule has 0 atom stereocenters. The highest BCUT2D eigenvalue weighted by molar-refractivity contribution is 5.74. The number of carbonyl (C=O) groups is 1. The highest BCUT2D eigenvalue weighted by Crippen LogP contribution is 2.18. The number of urea groups is 1. The lowest BCUT2D eigenvalue weighted by atomic mass is 10.1. The number of rotatable bonds is 4. The molecular formula is C21H22FN3O. The lowest BCUT2D eigenvalue weighted by Gasteiger charge is -2.33. The number of benzene rings is 2. The van der Waals surface area contributed by atoms with Crippen molar-refractivity contribution in [2.75, 3.05) is 13.1 Å². The molecule has 1 saturated heterocycles. The molecule has 2 amide bonds. The van der Waals surface area contributed by atoms with Crippen LogP contribution >= 0.6 is 0 Å². The minimum atomic E-state index is -0.450. The lowest BCUT2D eigenvalue weighted by Crippen LogP contribution is -2.44. The van der Waals surface area contributed by atoms with Crippen LogP contribution in [0.25, 0.3) is 0 Å². The summed E-state index contributed by atoms with van der Waals surface area (Å²) in [5.74, 6) is -0.450. The van der Waals surface area contributed by atoms with E-state index in [1.165, 1.54) is 6.07 Å². The third kappa shape index (κ3) is 4.40. The van der Waals surface area contributed by atoms with E-state index in [1.807, 2.05) is 41.3 Å². The van der Waals surface area contributed by atoms with Gasteiger partial charge in [0.1, 0.15) is 5.82 Å². The molecule has 5 heteroatoms. The molecule has 0 spiro atoms. The van der Waals surface area contributed by atoms with E-state index < -0.39 is 5.82 Å². The summed E-state index contributed by atoms with van der Waals surface area (Å²) < 4.78 is 14.3. The number of piperidine rings is 1. The minimum Gasteiger partial charge on any atom is -0.325 e. The number of halogens is 1. The molecule has 2 aromatic carbocycles. The SMILES string of the molecule is N#Cc1ccc(CN(Cc2ccccc2)C(=O)N2CCCCC2)c(F)c1. The number of amides is 2. The first-order valence-electron chi connectivity index (χ1n) is 8.93. The van der Waals surface area contributed by atoms with Gasteiger partial charge in [0, 0.05) is 25.2 Å². The van der Waals surface area contributed by atoms with Crippen LogP contribution in [0, 0.1) is 17.1 Å². The van der Waals surface area contributed by atoms with Crippen LogP contribution in [0.5, 0.6) is 0 Å². The molecule has 0 N–H and O–H groups in total. The van der Waals surface area contributed by atoms with Crippen molar-refractivity contribution in [2.24, 2.45) is 0 Å². The van der Waals surface area contributed by atoms with E-state index in [1.54, 1.807) is 17.0 Å². The Morgan fingerprint density at radius 3 is 2.46 bits per heavy atom. The van der Waals surface area contributed by atoms with Gasteiger partial charge in [-0.25, -0.2) is 9.18 Å². The van der Waals surface area contributed by atoms with Gasteiger partial charge in [0.05, 0.1) is 18.2 Å². The minimum absolute atomic E-state index is 0.0580. The summed E-state index contributed by atoms with van der Waals surface area (Å²) in [5, 5.41) is 8.90. The Morgan fingerprint density at radius 1 is 1.08 bits per heavy atom. The van der Waals surface area contributed by atoms with Crippen molar-refractivity contribution in [3.8, 4) is 6.07 Å². The molecule has 0 saturated carbocycles. The van der Waals surface area contributed by atoms with E-state index in [4.69, 9.17) is 5.26 Å². The van der Waals surface area contributed by atoms with Crippen molar-refractivity contribution in [2.45, 2.75) is 32.4 Å². The molecule has 0 radical (unpaired) electrons. The van der Waals surface area contributed by atoms with Crippen molar-refractivity contribution >= 4 is 6.03 Å². The van der Waals surface area contributed by atoms with Gasteiger partial charge in [0.2, 0.25) is 0 Å². The second kappa shape index (κ2) is 8.48. The fourth-order valence-electron chi connectivity index (χ4n) is 3.23. The van der Waals surface area contributed by atoms with Crippen molar-refractivity contribution in [1.29, 1.82) is 5.26 Å². The monoisotopic (exact) mass is 351 g/mol.